The number of hydrogen-bond acceptors (Lipinski definition) is 1. The van der Waals surface area contributed by atoms with Gasteiger partial charge in [-0.2, -0.15) is 0 Å². The normalized spacial score (nSPS) is 10.5. The van der Waals surface area contributed by atoms with Crippen molar-refractivity contribution in [2.75, 3.05) is 0 Å². The Labute approximate surface area is 71.6 Å². The van der Waals surface area contributed by atoms with Gasteiger partial charge in [-0.15, -0.1) is 0 Å². The molecule has 1 aromatic rings. The maximum absolute atomic E-state index is 12.2. The van der Waals surface area contributed by atoms with Crippen molar-refractivity contribution in [2.24, 2.45) is 0 Å². The van der Waals surface area contributed by atoms with E-state index >= 15 is 0 Å². The van der Waals surface area contributed by atoms with E-state index in [2.05, 4.69) is 20.9 Å². The van der Waals surface area contributed by atoms with E-state index in [1.165, 1.54) is 12.4 Å². The molecule has 60 valence electrons. The predicted molar refractivity (Wildman–Crippen MR) is 41.8 cm³/mol. The molecule has 1 aromatic heterocycles. The van der Waals surface area contributed by atoms with Crippen molar-refractivity contribution in [3.63, 3.8) is 0 Å². The van der Waals surface area contributed by atoms with Crippen molar-refractivity contribution in [2.45, 2.75) is 11.8 Å². The molecule has 0 fully saturated rings. The van der Waals surface area contributed by atoms with Crippen LogP contribution in [0, 0.1) is 0 Å². The fourth-order valence-electron chi connectivity index (χ4n) is 0.754. The molecule has 0 bridgehead atoms. The zero-order chi connectivity index (χ0) is 8.27. The minimum absolute atomic E-state index is 0.00405. The largest absolute Gasteiger partial charge is 0.265 e. The van der Waals surface area contributed by atoms with Crippen LogP contribution < -0.4 is 0 Å². The summed E-state index contributed by atoms with van der Waals surface area (Å²) in [6.45, 7) is 0. The van der Waals surface area contributed by atoms with Crippen LogP contribution in [0.25, 0.3) is 0 Å². The van der Waals surface area contributed by atoms with Gasteiger partial charge < -0.3 is 0 Å². The fourth-order valence-corrected chi connectivity index (χ4v) is 1.26. The molecule has 0 saturated heterocycles. The highest BCUT2D eigenvalue weighted by Gasteiger charge is 2.10. The van der Waals surface area contributed by atoms with Gasteiger partial charge in [0, 0.05) is 23.3 Å². The van der Waals surface area contributed by atoms with Crippen molar-refractivity contribution >= 4 is 15.9 Å². The molecule has 0 amide bonds. The third-order valence-corrected chi connectivity index (χ3v) is 1.93. The fraction of sp³-hybridized carbons (Fsp3) is 0.286. The van der Waals surface area contributed by atoms with Crippen LogP contribution in [-0.2, 0) is 5.33 Å². The van der Waals surface area contributed by atoms with Gasteiger partial charge in [0.2, 0.25) is 0 Å². The van der Waals surface area contributed by atoms with E-state index in [0.717, 1.165) is 0 Å². The highest BCUT2D eigenvalue weighted by Crippen LogP contribution is 2.22. The summed E-state index contributed by atoms with van der Waals surface area (Å²) in [4.78, 5) is 3.61. The molecule has 0 aliphatic heterocycles. The SMILES string of the molecule is FC(F)c1cnccc1CBr. The zero-order valence-electron chi connectivity index (χ0n) is 5.60. The van der Waals surface area contributed by atoms with Crippen molar-refractivity contribution in [1.29, 1.82) is 0 Å². The second-order valence-corrected chi connectivity index (χ2v) is 2.57. The highest BCUT2D eigenvalue weighted by atomic mass is 79.9. The van der Waals surface area contributed by atoms with Crippen LogP contribution in [-0.4, -0.2) is 4.98 Å². The second kappa shape index (κ2) is 3.76. The van der Waals surface area contributed by atoms with Crippen LogP contribution in [0.1, 0.15) is 17.6 Å². The summed E-state index contributed by atoms with van der Waals surface area (Å²) in [5, 5.41) is 0.440. The molecule has 1 heterocycles. The van der Waals surface area contributed by atoms with Gasteiger partial charge in [0.1, 0.15) is 0 Å². The second-order valence-electron chi connectivity index (χ2n) is 2.01. The molecule has 4 heteroatoms. The topological polar surface area (TPSA) is 12.9 Å². The van der Waals surface area contributed by atoms with Gasteiger partial charge in [-0.3, -0.25) is 4.98 Å². The standard InChI is InChI=1S/C7H6BrF2N/c8-3-5-1-2-11-4-6(5)7(9)10/h1-2,4,7H,3H2. The van der Waals surface area contributed by atoms with Gasteiger partial charge in [0.05, 0.1) is 0 Å². The summed E-state index contributed by atoms with van der Waals surface area (Å²) in [7, 11) is 0. The average molecular weight is 222 g/mol. The Morgan fingerprint density at radius 1 is 1.55 bits per heavy atom. The minimum Gasteiger partial charge on any atom is -0.264 e. The highest BCUT2D eigenvalue weighted by molar-refractivity contribution is 9.08. The zero-order valence-corrected chi connectivity index (χ0v) is 7.18. The van der Waals surface area contributed by atoms with E-state index in [9.17, 15) is 8.78 Å². The van der Waals surface area contributed by atoms with Crippen molar-refractivity contribution in [1.82, 2.24) is 4.98 Å². The Morgan fingerprint density at radius 3 is 2.73 bits per heavy atom. The maximum atomic E-state index is 12.2. The van der Waals surface area contributed by atoms with Gasteiger partial charge in [-0.1, -0.05) is 15.9 Å². The lowest BCUT2D eigenvalue weighted by Crippen LogP contribution is -1.92. The Kier molecular flexibility index (Phi) is 2.93. The molecule has 0 unspecified atom stereocenters. The number of alkyl halides is 3. The summed E-state index contributed by atoms with van der Waals surface area (Å²) in [5.74, 6) is 0. The van der Waals surface area contributed by atoms with Gasteiger partial charge in [0.25, 0.3) is 6.43 Å². The molecule has 1 rings (SSSR count). The monoisotopic (exact) mass is 221 g/mol. The first-order valence-corrected chi connectivity index (χ1v) is 4.14. The van der Waals surface area contributed by atoms with Crippen LogP contribution >= 0.6 is 15.9 Å². The Hall–Kier alpha value is -0.510. The first-order valence-electron chi connectivity index (χ1n) is 3.02. The summed E-state index contributed by atoms with van der Waals surface area (Å²) in [5.41, 5.74) is 0.597. The molecule has 0 spiro atoms. The first kappa shape index (κ1) is 8.59. The molecule has 0 aromatic carbocycles. The Bertz CT molecular complexity index is 240. The number of halogens is 3. The molecule has 0 N–H and O–H groups in total. The molecular weight excluding hydrogens is 216 g/mol. The van der Waals surface area contributed by atoms with Crippen LogP contribution in [0.2, 0.25) is 0 Å². The lowest BCUT2D eigenvalue weighted by Gasteiger charge is -2.03. The number of pyridine rings is 1. The predicted octanol–water partition coefficient (Wildman–Crippen LogP) is 2.91. The van der Waals surface area contributed by atoms with Crippen LogP contribution in [0.15, 0.2) is 18.5 Å². The molecular formula is C7H6BrF2N. The molecule has 0 saturated carbocycles. The summed E-state index contributed by atoms with van der Waals surface area (Å²) < 4.78 is 24.3. The van der Waals surface area contributed by atoms with Crippen LogP contribution in [0.5, 0.6) is 0 Å². The average Bonchev–Trinajstić information content (AvgIpc) is 2.04. The van der Waals surface area contributed by atoms with E-state index < -0.39 is 6.43 Å². The number of aromatic nitrogens is 1. The van der Waals surface area contributed by atoms with E-state index in [0.29, 0.717) is 10.9 Å². The minimum atomic E-state index is -2.43. The van der Waals surface area contributed by atoms with Crippen molar-refractivity contribution in [3.8, 4) is 0 Å². The van der Waals surface area contributed by atoms with Gasteiger partial charge in [0.15, 0.2) is 0 Å². The molecule has 11 heavy (non-hydrogen) atoms. The third-order valence-electron chi connectivity index (χ3n) is 1.33. The van der Waals surface area contributed by atoms with Gasteiger partial charge in [-0.05, 0) is 11.6 Å². The van der Waals surface area contributed by atoms with E-state index in [4.69, 9.17) is 0 Å². The lowest BCUT2D eigenvalue weighted by molar-refractivity contribution is 0.150. The summed E-state index contributed by atoms with van der Waals surface area (Å²) in [6.07, 6.45) is 0.264. The Morgan fingerprint density at radius 2 is 2.27 bits per heavy atom. The smallest absolute Gasteiger partial charge is 0.264 e. The number of rotatable bonds is 2. The molecule has 0 atom stereocenters. The lowest BCUT2D eigenvalue weighted by atomic mass is 10.2. The van der Waals surface area contributed by atoms with Crippen LogP contribution in [0.4, 0.5) is 8.78 Å². The first-order chi connectivity index (χ1) is 5.25. The molecule has 0 aliphatic carbocycles. The maximum Gasteiger partial charge on any atom is 0.265 e. The molecule has 0 aliphatic rings. The van der Waals surface area contributed by atoms with Crippen LogP contribution in [0.3, 0.4) is 0 Å². The summed E-state index contributed by atoms with van der Waals surface area (Å²) in [6, 6.07) is 1.58. The molecule has 0 radical (unpaired) electrons. The van der Waals surface area contributed by atoms with E-state index in [1.54, 1.807) is 6.07 Å². The summed E-state index contributed by atoms with van der Waals surface area (Å²) >= 11 is 3.12. The Balaban J connectivity index is 3.02. The third kappa shape index (κ3) is 1.96. The van der Waals surface area contributed by atoms with Crippen molar-refractivity contribution < 1.29 is 8.78 Å². The quantitative estimate of drug-likeness (QED) is 0.701. The van der Waals surface area contributed by atoms with E-state index in [-0.39, 0.29) is 5.56 Å². The van der Waals surface area contributed by atoms with E-state index in [1.807, 2.05) is 0 Å². The number of nitrogens with zero attached hydrogens (tertiary/aromatic N) is 1. The number of hydrogen-bond donors (Lipinski definition) is 0. The van der Waals surface area contributed by atoms with Gasteiger partial charge in [-0.25, -0.2) is 8.78 Å². The van der Waals surface area contributed by atoms with Crippen molar-refractivity contribution in [3.05, 3.63) is 29.6 Å². The van der Waals surface area contributed by atoms with Gasteiger partial charge >= 0.3 is 0 Å². The molecule has 1 nitrogen and oxygen atoms in total.